The molecule has 0 saturated carbocycles. The van der Waals surface area contributed by atoms with E-state index in [9.17, 15) is 9.18 Å². The largest absolute Gasteiger partial charge is 0.494 e. The molecule has 1 aromatic carbocycles. The predicted molar refractivity (Wildman–Crippen MR) is 75.0 cm³/mol. The number of aromatic amines is 1. The zero-order chi connectivity index (χ0) is 15.4. The Morgan fingerprint density at radius 1 is 1.38 bits per heavy atom. The van der Waals surface area contributed by atoms with Crippen LogP contribution in [0.3, 0.4) is 0 Å². The van der Waals surface area contributed by atoms with Gasteiger partial charge in [-0.3, -0.25) is 5.10 Å². The first-order valence-corrected chi connectivity index (χ1v) is 6.54. The minimum atomic E-state index is -0.515. The Balaban J connectivity index is 1.96. The number of esters is 1. The number of ether oxygens (including phenoxy) is 2. The summed E-state index contributed by atoms with van der Waals surface area (Å²) in [7, 11) is 1.35. The fraction of sp³-hybridized carbons (Fsp3) is 0.333. The van der Waals surface area contributed by atoms with Crippen LogP contribution < -0.4 is 4.74 Å². The van der Waals surface area contributed by atoms with E-state index in [2.05, 4.69) is 10.2 Å². The van der Waals surface area contributed by atoms with E-state index in [0.717, 1.165) is 17.0 Å². The quantitative estimate of drug-likeness (QED) is 0.860. The fourth-order valence-corrected chi connectivity index (χ4v) is 2.06. The molecule has 0 aliphatic heterocycles. The van der Waals surface area contributed by atoms with Gasteiger partial charge in [0.05, 0.1) is 25.0 Å². The molecule has 5 nitrogen and oxygen atoms in total. The zero-order valence-electron chi connectivity index (χ0n) is 12.2. The molecule has 1 N–H and O–H groups in total. The van der Waals surface area contributed by atoms with Crippen LogP contribution in [0.4, 0.5) is 4.39 Å². The summed E-state index contributed by atoms with van der Waals surface area (Å²) in [5.41, 5.74) is 3.16. The maximum Gasteiger partial charge on any atom is 0.338 e. The van der Waals surface area contributed by atoms with Crippen LogP contribution in [0.25, 0.3) is 0 Å². The Morgan fingerprint density at radius 3 is 2.76 bits per heavy atom. The van der Waals surface area contributed by atoms with Crippen molar-refractivity contribution in [2.24, 2.45) is 0 Å². The maximum atomic E-state index is 13.3. The number of methoxy groups -OCH3 is 1. The van der Waals surface area contributed by atoms with Crippen LogP contribution in [-0.4, -0.2) is 29.9 Å². The van der Waals surface area contributed by atoms with E-state index < -0.39 is 11.8 Å². The summed E-state index contributed by atoms with van der Waals surface area (Å²) in [6, 6.07) is 3.88. The molecule has 2 rings (SSSR count). The normalized spacial score (nSPS) is 10.5. The SMILES string of the molecule is COc1cc(C(=O)OCCc2c(C)n[nH]c2C)ccc1F. The predicted octanol–water partition coefficient (Wildman–Crippen LogP) is 2.57. The van der Waals surface area contributed by atoms with Crippen LogP contribution in [0.2, 0.25) is 0 Å². The number of hydrogen-bond donors (Lipinski definition) is 1. The molecule has 1 aromatic heterocycles. The molecule has 112 valence electrons. The van der Waals surface area contributed by atoms with Gasteiger partial charge in [0.25, 0.3) is 0 Å². The average Bonchev–Trinajstić information content (AvgIpc) is 2.79. The van der Waals surface area contributed by atoms with E-state index in [-0.39, 0.29) is 17.9 Å². The number of aryl methyl sites for hydroxylation is 2. The highest BCUT2D eigenvalue weighted by atomic mass is 19.1. The van der Waals surface area contributed by atoms with Gasteiger partial charge in [0.1, 0.15) is 0 Å². The minimum Gasteiger partial charge on any atom is -0.494 e. The van der Waals surface area contributed by atoms with Crippen molar-refractivity contribution in [2.75, 3.05) is 13.7 Å². The molecule has 6 heteroatoms. The molecule has 0 amide bonds. The lowest BCUT2D eigenvalue weighted by atomic mass is 10.1. The van der Waals surface area contributed by atoms with E-state index in [1.165, 1.54) is 25.3 Å². The lowest BCUT2D eigenvalue weighted by molar-refractivity contribution is 0.0508. The smallest absolute Gasteiger partial charge is 0.338 e. The summed E-state index contributed by atoms with van der Waals surface area (Å²) in [6.45, 7) is 4.05. The van der Waals surface area contributed by atoms with Crippen molar-refractivity contribution >= 4 is 5.97 Å². The third kappa shape index (κ3) is 3.39. The standard InChI is InChI=1S/C15H17FN2O3/c1-9-12(10(2)18-17-9)6-7-21-15(19)11-4-5-13(16)14(8-11)20-3/h4-5,8H,6-7H2,1-3H3,(H,17,18). The minimum absolute atomic E-state index is 0.0194. The van der Waals surface area contributed by atoms with Gasteiger partial charge in [-0.15, -0.1) is 0 Å². The molecule has 0 saturated heterocycles. The van der Waals surface area contributed by atoms with Gasteiger partial charge in [-0.05, 0) is 37.6 Å². The lowest BCUT2D eigenvalue weighted by Crippen LogP contribution is -2.09. The molecule has 0 atom stereocenters. The Kier molecular flexibility index (Phi) is 4.57. The van der Waals surface area contributed by atoms with Crippen molar-refractivity contribution < 1.29 is 18.7 Å². The summed E-state index contributed by atoms with van der Waals surface area (Å²) < 4.78 is 23.3. The summed E-state index contributed by atoms with van der Waals surface area (Å²) in [5, 5.41) is 6.96. The highest BCUT2D eigenvalue weighted by Gasteiger charge is 2.12. The average molecular weight is 292 g/mol. The Morgan fingerprint density at radius 2 is 2.14 bits per heavy atom. The van der Waals surface area contributed by atoms with Crippen molar-refractivity contribution in [2.45, 2.75) is 20.3 Å². The summed E-state index contributed by atoms with van der Waals surface area (Å²) in [6.07, 6.45) is 0.582. The van der Waals surface area contributed by atoms with E-state index in [0.29, 0.717) is 6.42 Å². The fourth-order valence-electron chi connectivity index (χ4n) is 2.06. The van der Waals surface area contributed by atoms with Crippen LogP contribution >= 0.6 is 0 Å². The number of hydrogen-bond acceptors (Lipinski definition) is 4. The first-order valence-electron chi connectivity index (χ1n) is 6.54. The molecule has 0 aliphatic carbocycles. The topological polar surface area (TPSA) is 64.2 Å². The lowest BCUT2D eigenvalue weighted by Gasteiger charge is -2.07. The van der Waals surface area contributed by atoms with Crippen LogP contribution in [0.15, 0.2) is 18.2 Å². The molecule has 0 unspecified atom stereocenters. The number of aromatic nitrogens is 2. The van der Waals surface area contributed by atoms with Gasteiger partial charge < -0.3 is 9.47 Å². The van der Waals surface area contributed by atoms with Gasteiger partial charge in [0, 0.05) is 12.1 Å². The first kappa shape index (κ1) is 15.0. The number of halogens is 1. The monoisotopic (exact) mass is 292 g/mol. The van der Waals surface area contributed by atoms with Crippen molar-refractivity contribution in [1.29, 1.82) is 0 Å². The molecule has 0 spiro atoms. The molecular formula is C15H17FN2O3. The number of benzene rings is 1. The second-order valence-electron chi connectivity index (χ2n) is 4.65. The molecule has 0 aliphatic rings. The highest BCUT2D eigenvalue weighted by Crippen LogP contribution is 2.19. The van der Waals surface area contributed by atoms with Crippen LogP contribution in [0.5, 0.6) is 5.75 Å². The number of H-pyrrole nitrogens is 1. The molecule has 0 bridgehead atoms. The first-order chi connectivity index (χ1) is 10.0. The van der Waals surface area contributed by atoms with Gasteiger partial charge in [-0.2, -0.15) is 5.10 Å². The molecular weight excluding hydrogens is 275 g/mol. The molecule has 0 radical (unpaired) electrons. The van der Waals surface area contributed by atoms with Gasteiger partial charge >= 0.3 is 5.97 Å². The van der Waals surface area contributed by atoms with Crippen molar-refractivity contribution in [3.05, 3.63) is 46.5 Å². The number of nitrogens with one attached hydrogen (secondary N) is 1. The molecule has 2 aromatic rings. The maximum absolute atomic E-state index is 13.3. The Hall–Kier alpha value is -2.37. The van der Waals surface area contributed by atoms with Gasteiger partial charge in [0.15, 0.2) is 11.6 Å². The molecule has 21 heavy (non-hydrogen) atoms. The molecule has 1 heterocycles. The Labute approximate surface area is 122 Å². The van der Waals surface area contributed by atoms with Crippen LogP contribution in [0, 0.1) is 19.7 Å². The van der Waals surface area contributed by atoms with Crippen molar-refractivity contribution in [3.8, 4) is 5.75 Å². The third-order valence-corrected chi connectivity index (χ3v) is 3.25. The summed E-state index contributed by atoms with van der Waals surface area (Å²) in [5.74, 6) is -1.00. The van der Waals surface area contributed by atoms with Gasteiger partial charge in [-0.25, -0.2) is 9.18 Å². The van der Waals surface area contributed by atoms with Gasteiger partial charge in [-0.1, -0.05) is 0 Å². The number of carbonyl (C=O) groups is 1. The van der Waals surface area contributed by atoms with Crippen LogP contribution in [-0.2, 0) is 11.2 Å². The van der Waals surface area contributed by atoms with Gasteiger partial charge in [0.2, 0.25) is 0 Å². The van der Waals surface area contributed by atoms with Crippen molar-refractivity contribution in [1.82, 2.24) is 10.2 Å². The second-order valence-corrected chi connectivity index (χ2v) is 4.65. The van der Waals surface area contributed by atoms with E-state index >= 15 is 0 Å². The third-order valence-electron chi connectivity index (χ3n) is 3.25. The highest BCUT2D eigenvalue weighted by molar-refractivity contribution is 5.89. The van der Waals surface area contributed by atoms with E-state index in [4.69, 9.17) is 9.47 Å². The van der Waals surface area contributed by atoms with Crippen LogP contribution in [0.1, 0.15) is 27.3 Å². The molecule has 0 fully saturated rings. The zero-order valence-corrected chi connectivity index (χ0v) is 12.2. The number of rotatable bonds is 5. The Bertz CT molecular complexity index is 633. The van der Waals surface area contributed by atoms with E-state index in [1.54, 1.807) is 0 Å². The number of nitrogens with zero attached hydrogens (tertiary/aromatic N) is 1. The van der Waals surface area contributed by atoms with Crippen molar-refractivity contribution in [3.63, 3.8) is 0 Å². The second kappa shape index (κ2) is 6.39. The summed E-state index contributed by atoms with van der Waals surface area (Å²) >= 11 is 0. The number of carbonyl (C=O) groups excluding carboxylic acids is 1. The van der Waals surface area contributed by atoms with E-state index in [1.807, 2.05) is 13.8 Å². The summed E-state index contributed by atoms with van der Waals surface area (Å²) in [4.78, 5) is 11.9.